The predicted octanol–water partition coefficient (Wildman–Crippen LogP) is 4.70. The largest absolute Gasteiger partial charge is 0.381 e. The van der Waals surface area contributed by atoms with Gasteiger partial charge < -0.3 is 10.1 Å². The van der Waals surface area contributed by atoms with Gasteiger partial charge in [-0.2, -0.15) is 5.10 Å². The standard InChI is InChI=1S/C8H12ClN3O.C8H9F.C5H8O/c1-3-8(9)7(6(2)10)4-11-12-5-13;1-2-7-5-3-4-6-8(7)9;1-4-2-6-3-5(1)4/h4-5,10H,3H2,1-2H3,(H,12,13);3-6H,2H2,1H3;4-5H,1-3H2/b8-7+,10-6?,11-4-;;. The van der Waals surface area contributed by atoms with Crippen LogP contribution in [0.2, 0.25) is 0 Å². The van der Waals surface area contributed by atoms with Gasteiger partial charge in [-0.25, -0.2) is 9.82 Å². The fourth-order valence-electron chi connectivity index (χ4n) is 2.57. The van der Waals surface area contributed by atoms with Crippen LogP contribution in [-0.2, 0) is 16.0 Å². The molecule has 1 amide bonds. The average Bonchev–Trinajstić information content (AvgIpc) is 3.30. The Balaban J connectivity index is 0.000000223. The Bertz CT molecular complexity index is 699. The van der Waals surface area contributed by atoms with Crippen LogP contribution < -0.4 is 5.43 Å². The van der Waals surface area contributed by atoms with Crippen LogP contribution in [0.4, 0.5) is 4.39 Å². The Morgan fingerprint density at radius 1 is 1.36 bits per heavy atom. The van der Waals surface area contributed by atoms with Gasteiger partial charge in [-0.15, -0.1) is 0 Å². The Morgan fingerprint density at radius 2 is 2.00 bits per heavy atom. The molecule has 1 saturated heterocycles. The fraction of sp³-hybridized carbons (Fsp3) is 0.476. The van der Waals surface area contributed by atoms with Gasteiger partial charge in [0.05, 0.1) is 6.21 Å². The van der Waals surface area contributed by atoms with Crippen molar-refractivity contribution in [3.05, 3.63) is 46.3 Å². The molecule has 1 saturated carbocycles. The SMILES string of the molecule is C1OCC2CC12.CC/C(Cl)=C(/C=N\NC=O)C(C)=N.CCc1ccccc1F. The van der Waals surface area contributed by atoms with Crippen LogP contribution in [0.25, 0.3) is 0 Å². The van der Waals surface area contributed by atoms with Crippen LogP contribution >= 0.6 is 11.6 Å². The van der Waals surface area contributed by atoms with E-state index in [0.717, 1.165) is 37.0 Å². The minimum absolute atomic E-state index is 0.0972. The highest BCUT2D eigenvalue weighted by Crippen LogP contribution is 2.43. The maximum Gasteiger partial charge on any atom is 0.227 e. The average molecular weight is 410 g/mol. The zero-order valence-corrected chi connectivity index (χ0v) is 17.4. The minimum Gasteiger partial charge on any atom is -0.381 e. The molecule has 2 unspecified atom stereocenters. The van der Waals surface area contributed by atoms with Crippen LogP contribution in [0, 0.1) is 23.1 Å². The molecule has 7 heteroatoms. The third-order valence-electron chi connectivity index (χ3n) is 4.40. The molecule has 0 bridgehead atoms. The zero-order valence-electron chi connectivity index (χ0n) is 16.7. The summed E-state index contributed by atoms with van der Waals surface area (Å²) in [4.78, 5) is 9.87. The number of hydrazone groups is 1. The van der Waals surface area contributed by atoms with Crippen LogP contribution in [-0.4, -0.2) is 31.6 Å². The van der Waals surface area contributed by atoms with Crippen molar-refractivity contribution in [3.8, 4) is 0 Å². The highest BCUT2D eigenvalue weighted by atomic mass is 35.5. The number of halogens is 2. The normalized spacial score (nSPS) is 20.0. The lowest BCUT2D eigenvalue weighted by molar-refractivity contribution is -0.109. The number of nitrogens with zero attached hydrogens (tertiary/aromatic N) is 1. The fourth-order valence-corrected chi connectivity index (χ4v) is 2.76. The van der Waals surface area contributed by atoms with Crippen molar-refractivity contribution in [2.24, 2.45) is 16.9 Å². The third kappa shape index (κ3) is 8.76. The van der Waals surface area contributed by atoms with Crippen LogP contribution in [0.3, 0.4) is 0 Å². The van der Waals surface area contributed by atoms with E-state index < -0.39 is 0 Å². The van der Waals surface area contributed by atoms with E-state index in [1.807, 2.05) is 19.9 Å². The summed E-state index contributed by atoms with van der Waals surface area (Å²) in [5.74, 6) is 1.88. The van der Waals surface area contributed by atoms with E-state index >= 15 is 0 Å². The monoisotopic (exact) mass is 409 g/mol. The van der Waals surface area contributed by atoms with E-state index in [1.165, 1.54) is 18.7 Å². The molecule has 0 aromatic heterocycles. The van der Waals surface area contributed by atoms with Crippen molar-refractivity contribution in [1.82, 2.24) is 5.43 Å². The molecular weight excluding hydrogens is 381 g/mol. The second kappa shape index (κ2) is 13.2. The first-order valence-corrected chi connectivity index (χ1v) is 9.79. The van der Waals surface area contributed by atoms with E-state index in [-0.39, 0.29) is 5.82 Å². The molecule has 1 aliphatic heterocycles. The number of carbonyl (C=O) groups is 1. The zero-order chi connectivity index (χ0) is 20.9. The van der Waals surface area contributed by atoms with Gasteiger partial charge >= 0.3 is 0 Å². The van der Waals surface area contributed by atoms with E-state index in [9.17, 15) is 9.18 Å². The van der Waals surface area contributed by atoms with Crippen molar-refractivity contribution in [1.29, 1.82) is 5.41 Å². The number of ether oxygens (including phenoxy) is 1. The predicted molar refractivity (Wildman–Crippen MR) is 112 cm³/mol. The Kier molecular flexibility index (Phi) is 11.3. The molecule has 0 spiro atoms. The summed E-state index contributed by atoms with van der Waals surface area (Å²) >= 11 is 5.84. The van der Waals surface area contributed by atoms with Crippen molar-refractivity contribution < 1.29 is 13.9 Å². The first kappa shape index (κ1) is 24.0. The van der Waals surface area contributed by atoms with Crippen LogP contribution in [0.1, 0.15) is 39.2 Å². The van der Waals surface area contributed by atoms with E-state index in [4.69, 9.17) is 21.7 Å². The summed E-state index contributed by atoms with van der Waals surface area (Å²) in [6.45, 7) is 7.56. The van der Waals surface area contributed by atoms with Crippen molar-refractivity contribution in [3.63, 3.8) is 0 Å². The maximum absolute atomic E-state index is 12.6. The third-order valence-corrected chi connectivity index (χ3v) is 4.87. The van der Waals surface area contributed by atoms with Crippen LogP contribution in [0.15, 0.2) is 40.0 Å². The smallest absolute Gasteiger partial charge is 0.227 e. The second-order valence-corrected chi connectivity index (χ2v) is 7.00. The van der Waals surface area contributed by atoms with Gasteiger partial charge in [-0.3, -0.25) is 4.79 Å². The highest BCUT2D eigenvalue weighted by molar-refractivity contribution is 6.35. The number of carbonyl (C=O) groups excluding carboxylic acids is 1. The molecule has 3 rings (SSSR count). The topological polar surface area (TPSA) is 74.5 Å². The number of allylic oxidation sites excluding steroid dienone is 2. The van der Waals surface area contributed by atoms with Gasteiger partial charge in [0, 0.05) is 29.5 Å². The van der Waals surface area contributed by atoms with E-state index in [2.05, 4.69) is 10.5 Å². The number of nitrogens with one attached hydrogen (secondary N) is 2. The van der Waals surface area contributed by atoms with Gasteiger partial charge in [0.2, 0.25) is 6.41 Å². The number of hydrogen-bond acceptors (Lipinski definition) is 4. The Morgan fingerprint density at radius 3 is 2.36 bits per heavy atom. The molecule has 1 aromatic rings. The number of benzene rings is 1. The lowest BCUT2D eigenvalue weighted by atomic mass is 10.1. The van der Waals surface area contributed by atoms with Crippen molar-refractivity contribution in [2.75, 3.05) is 13.2 Å². The molecule has 1 aromatic carbocycles. The molecule has 1 heterocycles. The molecule has 2 N–H and O–H groups in total. The summed E-state index contributed by atoms with van der Waals surface area (Å²) in [7, 11) is 0. The lowest BCUT2D eigenvalue weighted by Crippen LogP contribution is -2.05. The minimum atomic E-state index is -0.0972. The summed E-state index contributed by atoms with van der Waals surface area (Å²) < 4.78 is 17.7. The van der Waals surface area contributed by atoms with E-state index in [1.54, 1.807) is 19.1 Å². The molecule has 0 radical (unpaired) electrons. The Hall–Kier alpha value is -2.05. The van der Waals surface area contributed by atoms with Gasteiger partial charge in [0.25, 0.3) is 0 Å². The highest BCUT2D eigenvalue weighted by Gasteiger charge is 2.41. The molecule has 1 aliphatic carbocycles. The summed E-state index contributed by atoms with van der Waals surface area (Å²) in [5.41, 5.74) is 3.76. The number of amides is 1. The molecule has 2 fully saturated rings. The van der Waals surface area contributed by atoms with Gasteiger partial charge in [0.1, 0.15) is 5.82 Å². The summed E-state index contributed by atoms with van der Waals surface area (Å²) in [5, 5.41) is 11.5. The first-order chi connectivity index (χ1) is 13.4. The van der Waals surface area contributed by atoms with Gasteiger partial charge in [-0.1, -0.05) is 43.6 Å². The second-order valence-electron chi connectivity index (χ2n) is 6.54. The van der Waals surface area contributed by atoms with Crippen LogP contribution in [0.5, 0.6) is 0 Å². The molecule has 28 heavy (non-hydrogen) atoms. The summed E-state index contributed by atoms with van der Waals surface area (Å²) in [6.07, 6.45) is 4.68. The van der Waals surface area contributed by atoms with Gasteiger partial charge in [-0.05, 0) is 49.7 Å². The maximum atomic E-state index is 12.6. The Labute approximate surface area is 171 Å². The molecule has 2 atom stereocenters. The molecule has 5 nitrogen and oxygen atoms in total. The number of hydrogen-bond donors (Lipinski definition) is 2. The summed E-state index contributed by atoms with van der Waals surface area (Å²) in [6, 6.07) is 6.84. The van der Waals surface area contributed by atoms with Crippen molar-refractivity contribution in [2.45, 2.75) is 40.0 Å². The first-order valence-electron chi connectivity index (χ1n) is 9.42. The van der Waals surface area contributed by atoms with Gasteiger partial charge in [0.15, 0.2) is 0 Å². The lowest BCUT2D eigenvalue weighted by Gasteiger charge is -2.01. The quantitative estimate of drug-likeness (QED) is 0.406. The number of aryl methyl sites for hydroxylation is 1. The molecular formula is C21H29ClFN3O2. The van der Waals surface area contributed by atoms with Crippen molar-refractivity contribution >= 4 is 29.9 Å². The number of rotatable bonds is 6. The number of fused-ring (bicyclic) bond motifs is 1. The van der Waals surface area contributed by atoms with E-state index in [0.29, 0.717) is 29.1 Å². The molecule has 2 aliphatic rings. The molecule has 154 valence electrons.